The van der Waals surface area contributed by atoms with Gasteiger partial charge in [-0.3, -0.25) is 0 Å². The first kappa shape index (κ1) is 11.7. The molecule has 0 saturated heterocycles. The zero-order valence-electron chi connectivity index (χ0n) is 7.23. The summed E-state index contributed by atoms with van der Waals surface area (Å²) in [7, 11) is 1.91. The Kier molecular flexibility index (Phi) is 10.3. The van der Waals surface area contributed by atoms with Gasteiger partial charge in [0.15, 0.2) is 0 Å². The van der Waals surface area contributed by atoms with E-state index in [1.165, 1.54) is 0 Å². The Morgan fingerprint density at radius 3 is 1.56 bits per heavy atom. The molecule has 0 heterocycles. The van der Waals surface area contributed by atoms with Crippen LogP contribution in [0.5, 0.6) is 0 Å². The van der Waals surface area contributed by atoms with E-state index in [1.54, 1.807) is 0 Å². The lowest BCUT2D eigenvalue weighted by Gasteiger charge is -2.12. The summed E-state index contributed by atoms with van der Waals surface area (Å²) in [5.74, 6) is 0. The topological polar surface area (TPSA) is 38.0 Å². The highest BCUT2D eigenvalue weighted by Crippen LogP contribution is 1.82. The van der Waals surface area contributed by atoms with Crippen molar-refractivity contribution in [3.63, 3.8) is 0 Å². The highest BCUT2D eigenvalue weighted by atomic mass is 14.9. The van der Waals surface area contributed by atoms with Crippen LogP contribution >= 0.6 is 0 Å². The van der Waals surface area contributed by atoms with E-state index in [4.69, 9.17) is 5.73 Å². The van der Waals surface area contributed by atoms with Gasteiger partial charge in [0.1, 0.15) is 0 Å². The lowest BCUT2D eigenvalue weighted by molar-refractivity contribution is 0.519. The molecule has 0 aromatic rings. The fourth-order valence-corrected chi connectivity index (χ4v) is 0.263. The minimum absolute atomic E-state index is 0.255. The Morgan fingerprint density at radius 1 is 1.22 bits per heavy atom. The molecule has 58 valence electrons. The third kappa shape index (κ3) is 7.92. The third-order valence-electron chi connectivity index (χ3n) is 1.24. The van der Waals surface area contributed by atoms with E-state index >= 15 is 0 Å². The molecule has 0 aliphatic carbocycles. The quantitative estimate of drug-likeness (QED) is 0.587. The van der Waals surface area contributed by atoms with Crippen LogP contribution in [0.15, 0.2) is 0 Å². The Bertz CT molecular complexity index is 44.2. The second-order valence-corrected chi connectivity index (χ2v) is 1.94. The molecular formula is C7H20N2. The van der Waals surface area contributed by atoms with Crippen LogP contribution in [-0.4, -0.2) is 19.1 Å². The molecule has 2 atom stereocenters. The predicted octanol–water partition coefficient (Wildman–Crippen LogP) is 0.968. The third-order valence-corrected chi connectivity index (χ3v) is 1.24. The maximum atomic E-state index is 5.48. The molecule has 0 spiro atoms. The molecule has 0 rings (SSSR count). The summed E-state index contributed by atoms with van der Waals surface area (Å²) in [6, 6.07) is 0.685. The molecule has 0 saturated carbocycles. The molecule has 0 aromatic heterocycles. The van der Waals surface area contributed by atoms with Gasteiger partial charge in [-0.2, -0.15) is 0 Å². The first-order chi connectivity index (χ1) is 4.18. The minimum atomic E-state index is 0.255. The van der Waals surface area contributed by atoms with E-state index in [-0.39, 0.29) is 6.04 Å². The molecule has 2 nitrogen and oxygen atoms in total. The van der Waals surface area contributed by atoms with E-state index < -0.39 is 0 Å². The lowest BCUT2D eigenvalue weighted by Crippen LogP contribution is -2.38. The predicted molar refractivity (Wildman–Crippen MR) is 43.5 cm³/mol. The fraction of sp³-hybridized carbons (Fsp3) is 1.00. The molecule has 3 N–H and O–H groups in total. The summed E-state index contributed by atoms with van der Waals surface area (Å²) in [5, 5.41) is 3.04. The van der Waals surface area contributed by atoms with Crippen molar-refractivity contribution >= 4 is 0 Å². The van der Waals surface area contributed by atoms with Crippen molar-refractivity contribution in [1.82, 2.24) is 5.32 Å². The molecule has 9 heavy (non-hydrogen) atoms. The second-order valence-electron chi connectivity index (χ2n) is 1.94. The number of rotatable bonds is 2. The second kappa shape index (κ2) is 7.92. The van der Waals surface area contributed by atoms with Crippen molar-refractivity contribution in [3.05, 3.63) is 0 Å². The number of nitrogens with one attached hydrogen (secondary N) is 1. The molecule has 0 fully saturated rings. The van der Waals surface area contributed by atoms with Crippen LogP contribution in [-0.2, 0) is 0 Å². The number of nitrogens with two attached hydrogens (primary N) is 1. The average molecular weight is 132 g/mol. The van der Waals surface area contributed by atoms with Crippen LogP contribution in [0.25, 0.3) is 0 Å². The van der Waals surface area contributed by atoms with Gasteiger partial charge in [-0.15, -0.1) is 0 Å². The van der Waals surface area contributed by atoms with Gasteiger partial charge in [-0.05, 0) is 20.9 Å². The summed E-state index contributed by atoms with van der Waals surface area (Å²) in [5.41, 5.74) is 5.48. The first-order valence-corrected chi connectivity index (χ1v) is 3.61. The summed E-state index contributed by atoms with van der Waals surface area (Å²) in [4.78, 5) is 0. The van der Waals surface area contributed by atoms with Crippen molar-refractivity contribution in [2.24, 2.45) is 5.73 Å². The van der Waals surface area contributed by atoms with Crippen LogP contribution in [0.4, 0.5) is 0 Å². The summed E-state index contributed by atoms with van der Waals surface area (Å²) in [6.07, 6.45) is 0. The van der Waals surface area contributed by atoms with Gasteiger partial charge < -0.3 is 11.1 Å². The van der Waals surface area contributed by atoms with Crippen molar-refractivity contribution < 1.29 is 0 Å². The van der Waals surface area contributed by atoms with Gasteiger partial charge in [0.05, 0.1) is 0 Å². The van der Waals surface area contributed by atoms with E-state index in [2.05, 4.69) is 12.2 Å². The van der Waals surface area contributed by atoms with Gasteiger partial charge in [-0.1, -0.05) is 13.8 Å². The van der Waals surface area contributed by atoms with Gasteiger partial charge in [0, 0.05) is 12.1 Å². The molecule has 2 unspecified atom stereocenters. The van der Waals surface area contributed by atoms with Crippen molar-refractivity contribution in [3.8, 4) is 0 Å². The molecule has 0 aliphatic rings. The monoisotopic (exact) mass is 132 g/mol. The molecule has 2 heteroatoms. The van der Waals surface area contributed by atoms with Gasteiger partial charge in [-0.25, -0.2) is 0 Å². The largest absolute Gasteiger partial charge is 0.327 e. The molecule has 0 radical (unpaired) electrons. The standard InChI is InChI=1S/C5H14N2.C2H6/c1-4(6)5(2)7-3;1-2/h4-5,7H,6H2,1-3H3;1-2H3. The zero-order valence-corrected chi connectivity index (χ0v) is 7.23. The summed E-state index contributed by atoms with van der Waals surface area (Å²) in [6.45, 7) is 8.05. The van der Waals surface area contributed by atoms with E-state index in [9.17, 15) is 0 Å². The van der Waals surface area contributed by atoms with E-state index in [1.807, 2.05) is 27.8 Å². The molecule has 0 amide bonds. The molecule has 0 aliphatic heterocycles. The van der Waals surface area contributed by atoms with Crippen molar-refractivity contribution in [1.29, 1.82) is 0 Å². The first-order valence-electron chi connectivity index (χ1n) is 3.61. The van der Waals surface area contributed by atoms with Gasteiger partial charge in [0.2, 0.25) is 0 Å². The Hall–Kier alpha value is -0.0800. The van der Waals surface area contributed by atoms with Crippen molar-refractivity contribution in [2.45, 2.75) is 39.8 Å². The van der Waals surface area contributed by atoms with Crippen LogP contribution in [0.2, 0.25) is 0 Å². The lowest BCUT2D eigenvalue weighted by atomic mass is 10.2. The van der Waals surface area contributed by atoms with Crippen molar-refractivity contribution in [2.75, 3.05) is 7.05 Å². The van der Waals surface area contributed by atoms with E-state index in [0.29, 0.717) is 6.04 Å². The fourth-order valence-electron chi connectivity index (χ4n) is 0.263. The maximum Gasteiger partial charge on any atom is 0.0185 e. The van der Waals surface area contributed by atoms with Crippen LogP contribution < -0.4 is 11.1 Å². The normalized spacial score (nSPS) is 15.3. The molecular weight excluding hydrogens is 112 g/mol. The minimum Gasteiger partial charge on any atom is -0.327 e. The zero-order chi connectivity index (χ0) is 7.86. The Balaban J connectivity index is 0. The van der Waals surface area contributed by atoms with Crippen LogP contribution in [0.1, 0.15) is 27.7 Å². The highest BCUT2D eigenvalue weighted by Gasteiger charge is 2.00. The summed E-state index contributed by atoms with van der Waals surface area (Å²) >= 11 is 0. The van der Waals surface area contributed by atoms with Crippen LogP contribution in [0, 0.1) is 0 Å². The molecule has 0 aromatic carbocycles. The average Bonchev–Trinajstić information content (AvgIpc) is 1.91. The smallest absolute Gasteiger partial charge is 0.0185 e. The highest BCUT2D eigenvalue weighted by molar-refractivity contribution is 4.66. The van der Waals surface area contributed by atoms with Crippen LogP contribution in [0.3, 0.4) is 0 Å². The summed E-state index contributed by atoms with van der Waals surface area (Å²) < 4.78 is 0. The Labute approximate surface area is 58.8 Å². The maximum absolute atomic E-state index is 5.48. The number of hydrogen-bond donors (Lipinski definition) is 2. The SMILES string of the molecule is CC.CNC(C)C(C)N. The number of hydrogen-bond acceptors (Lipinski definition) is 2. The molecule has 0 bridgehead atoms. The Morgan fingerprint density at radius 2 is 1.56 bits per heavy atom. The van der Waals surface area contributed by atoms with E-state index in [0.717, 1.165) is 0 Å². The van der Waals surface area contributed by atoms with Gasteiger partial charge >= 0.3 is 0 Å². The number of likely N-dealkylation sites (N-methyl/N-ethyl adjacent to an activating group) is 1. The van der Waals surface area contributed by atoms with Gasteiger partial charge in [0.25, 0.3) is 0 Å².